The Hall–Kier alpha value is -4.18. The summed E-state index contributed by atoms with van der Waals surface area (Å²) in [6, 6.07) is 10.4. The fraction of sp³-hybridized carbons (Fsp3) is 0.312. The summed E-state index contributed by atoms with van der Waals surface area (Å²) in [5.41, 5.74) is 0.417. The minimum atomic E-state index is -1.66. The molecular formula is C32H30ClF2N7O2S. The number of nitrogens with zero attached hydrogens (tertiary/aromatic N) is 5. The van der Waals surface area contributed by atoms with Gasteiger partial charge in [0.05, 0.1) is 17.6 Å². The average Bonchev–Trinajstić information content (AvgIpc) is 3.69. The molecule has 5 aromatic rings. The number of nitrogens with one attached hydrogen (secondary N) is 2. The van der Waals surface area contributed by atoms with E-state index < -0.39 is 21.6 Å². The largest absolute Gasteiger partial charge is 0.463 e. The van der Waals surface area contributed by atoms with Crippen LogP contribution in [0.15, 0.2) is 53.8 Å². The number of benzene rings is 2. The quantitative estimate of drug-likeness (QED) is 0.102. The third-order valence-electron chi connectivity index (χ3n) is 7.84. The number of rotatable bonds is 11. The molecule has 0 aliphatic carbocycles. The zero-order chi connectivity index (χ0) is 31.5. The highest BCUT2D eigenvalue weighted by molar-refractivity contribution is 8.08. The molecule has 0 amide bonds. The molecule has 1 aliphatic heterocycles. The van der Waals surface area contributed by atoms with Crippen molar-refractivity contribution in [1.82, 2.24) is 30.0 Å². The number of aromatic nitrogens is 5. The molecule has 0 spiro atoms. The first kappa shape index (κ1) is 30.8. The van der Waals surface area contributed by atoms with Crippen LogP contribution in [0.3, 0.4) is 0 Å². The van der Waals surface area contributed by atoms with Crippen molar-refractivity contribution in [1.29, 1.82) is 0 Å². The molecule has 232 valence electrons. The lowest BCUT2D eigenvalue weighted by atomic mass is 9.96. The molecule has 45 heavy (non-hydrogen) atoms. The van der Waals surface area contributed by atoms with Gasteiger partial charge in [-0.2, -0.15) is 15.1 Å². The van der Waals surface area contributed by atoms with Gasteiger partial charge < -0.3 is 15.4 Å². The molecule has 3 aromatic heterocycles. The zero-order valence-electron chi connectivity index (χ0n) is 24.4. The first-order chi connectivity index (χ1) is 21.8. The topological polar surface area (TPSA) is 107 Å². The van der Waals surface area contributed by atoms with E-state index in [1.54, 1.807) is 41.2 Å². The highest BCUT2D eigenvalue weighted by Gasteiger charge is 2.23. The number of fused-ring (bicyclic) bond motifs is 2. The fourth-order valence-electron chi connectivity index (χ4n) is 5.61. The van der Waals surface area contributed by atoms with Crippen molar-refractivity contribution in [2.24, 2.45) is 0 Å². The van der Waals surface area contributed by atoms with Crippen LogP contribution in [-0.2, 0) is 16.6 Å². The molecule has 1 saturated heterocycles. The summed E-state index contributed by atoms with van der Waals surface area (Å²) in [5.74, 6) is 1.55. The maximum atomic E-state index is 16.4. The lowest BCUT2D eigenvalue weighted by Gasteiger charge is -2.16. The number of terminal acetylenes is 1. The van der Waals surface area contributed by atoms with Gasteiger partial charge in [0, 0.05) is 48.5 Å². The summed E-state index contributed by atoms with van der Waals surface area (Å²) in [5, 5.41) is 12.8. The molecular weight excluding hydrogens is 620 g/mol. The highest BCUT2D eigenvalue weighted by atomic mass is 35.7. The number of hydrogen-bond acceptors (Lipinski definition) is 8. The van der Waals surface area contributed by atoms with E-state index in [0.717, 1.165) is 12.8 Å². The normalized spacial score (nSPS) is 17.0. The summed E-state index contributed by atoms with van der Waals surface area (Å²) in [6.07, 6.45) is 12.3. The highest BCUT2D eigenvalue weighted by Crippen LogP contribution is 2.36. The van der Waals surface area contributed by atoms with Crippen LogP contribution in [0.5, 0.6) is 6.01 Å². The molecule has 9 nitrogen and oxygen atoms in total. The third-order valence-corrected chi connectivity index (χ3v) is 8.86. The van der Waals surface area contributed by atoms with Crippen LogP contribution in [0.1, 0.15) is 38.2 Å². The SMILES string of the molecule is C#Cc1c(F)ccc2cccc(-c3ncc4c(NCC5CCC(C)N5)nc(OCCCCn5ccc(S(=O)Cl)n5)nc4c3F)c12. The van der Waals surface area contributed by atoms with Crippen molar-refractivity contribution in [3.63, 3.8) is 0 Å². The second-order valence-electron chi connectivity index (χ2n) is 10.9. The number of aryl methyl sites for hydroxylation is 1. The minimum Gasteiger partial charge on any atom is -0.463 e. The second kappa shape index (κ2) is 13.4. The van der Waals surface area contributed by atoms with Gasteiger partial charge in [0.2, 0.25) is 0 Å². The van der Waals surface area contributed by atoms with Crippen molar-refractivity contribution in [3.8, 4) is 29.6 Å². The van der Waals surface area contributed by atoms with Crippen molar-refractivity contribution in [3.05, 3.63) is 66.0 Å². The van der Waals surface area contributed by atoms with Gasteiger partial charge in [0.1, 0.15) is 22.8 Å². The zero-order valence-corrected chi connectivity index (χ0v) is 26.0. The van der Waals surface area contributed by atoms with E-state index in [1.165, 1.54) is 12.3 Å². The van der Waals surface area contributed by atoms with Crippen LogP contribution in [0.4, 0.5) is 14.6 Å². The monoisotopic (exact) mass is 649 g/mol. The Bertz CT molecular complexity index is 1950. The van der Waals surface area contributed by atoms with E-state index >= 15 is 4.39 Å². The standard InChI is InChI=1S/C32H30ClF2N7O2S/c1-3-22-25(34)12-10-20-7-6-8-23(27(20)22)29-28(35)30-24(18-36-29)31(37-17-21-11-9-19(2)38-21)40-32(39-30)44-16-5-4-14-42-15-13-26(41-42)45(33)43/h1,6-8,10,12-13,15,18-19,21,38H,4-5,9,11,14,16-17H2,2H3,(H,37,39,40). The Labute approximate surface area is 265 Å². The van der Waals surface area contributed by atoms with Crippen LogP contribution in [0.25, 0.3) is 32.9 Å². The molecule has 1 fully saturated rings. The first-order valence-corrected chi connectivity index (χ1v) is 16.6. The van der Waals surface area contributed by atoms with E-state index in [1.807, 2.05) is 0 Å². The molecule has 3 atom stereocenters. The molecule has 0 saturated carbocycles. The van der Waals surface area contributed by atoms with Gasteiger partial charge in [-0.1, -0.05) is 30.2 Å². The predicted octanol–water partition coefficient (Wildman–Crippen LogP) is 5.97. The average molecular weight is 650 g/mol. The van der Waals surface area contributed by atoms with Gasteiger partial charge in [-0.25, -0.2) is 13.0 Å². The molecule has 3 unspecified atom stereocenters. The van der Waals surface area contributed by atoms with E-state index in [9.17, 15) is 8.60 Å². The number of pyridine rings is 1. The van der Waals surface area contributed by atoms with E-state index in [4.69, 9.17) is 21.8 Å². The van der Waals surface area contributed by atoms with Crippen molar-refractivity contribution < 1.29 is 17.7 Å². The Morgan fingerprint density at radius 3 is 2.82 bits per heavy atom. The molecule has 4 heterocycles. The first-order valence-electron chi connectivity index (χ1n) is 14.6. The Morgan fingerprint density at radius 2 is 2.07 bits per heavy atom. The molecule has 0 bridgehead atoms. The Morgan fingerprint density at radius 1 is 1.20 bits per heavy atom. The van der Waals surface area contributed by atoms with Gasteiger partial charge in [0.15, 0.2) is 20.9 Å². The van der Waals surface area contributed by atoms with Gasteiger partial charge in [-0.3, -0.25) is 9.67 Å². The summed E-state index contributed by atoms with van der Waals surface area (Å²) in [7, 11) is 3.93. The number of hydrogen-bond donors (Lipinski definition) is 2. The molecule has 0 radical (unpaired) electrons. The summed E-state index contributed by atoms with van der Waals surface area (Å²) < 4.78 is 50.1. The summed E-state index contributed by atoms with van der Waals surface area (Å²) >= 11 is 0. The number of unbranched alkanes of at least 4 members (excludes halogenated alkanes) is 1. The maximum absolute atomic E-state index is 16.4. The number of anilines is 1. The lowest BCUT2D eigenvalue weighted by Crippen LogP contribution is -2.33. The van der Waals surface area contributed by atoms with Crippen molar-refractivity contribution in [2.45, 2.75) is 56.3 Å². The van der Waals surface area contributed by atoms with E-state index in [0.29, 0.717) is 64.5 Å². The number of ether oxygens (including phenoxy) is 1. The van der Waals surface area contributed by atoms with E-state index in [-0.39, 0.29) is 35.4 Å². The van der Waals surface area contributed by atoms with Crippen LogP contribution < -0.4 is 15.4 Å². The Kier molecular flexibility index (Phi) is 9.21. The smallest absolute Gasteiger partial charge is 0.319 e. The van der Waals surface area contributed by atoms with Crippen LogP contribution in [-0.4, -0.2) is 54.2 Å². The second-order valence-corrected chi connectivity index (χ2v) is 12.6. The van der Waals surface area contributed by atoms with Gasteiger partial charge in [-0.15, -0.1) is 6.42 Å². The lowest BCUT2D eigenvalue weighted by molar-refractivity contribution is 0.280. The Balaban J connectivity index is 1.30. The van der Waals surface area contributed by atoms with Crippen LogP contribution >= 0.6 is 10.7 Å². The third kappa shape index (κ3) is 6.61. The summed E-state index contributed by atoms with van der Waals surface area (Å²) in [4.78, 5) is 13.5. The predicted molar refractivity (Wildman–Crippen MR) is 171 cm³/mol. The number of halogens is 3. The van der Waals surface area contributed by atoms with E-state index in [2.05, 4.69) is 43.5 Å². The minimum absolute atomic E-state index is 0.00597. The molecule has 2 aromatic carbocycles. The van der Waals surface area contributed by atoms with Gasteiger partial charge in [-0.05, 0) is 60.8 Å². The van der Waals surface area contributed by atoms with Crippen molar-refractivity contribution >= 4 is 48.2 Å². The molecule has 13 heteroatoms. The molecule has 2 N–H and O–H groups in total. The molecule has 1 aliphatic rings. The van der Waals surface area contributed by atoms with Gasteiger partial charge >= 0.3 is 6.01 Å². The fourth-order valence-corrected chi connectivity index (χ4v) is 6.19. The summed E-state index contributed by atoms with van der Waals surface area (Å²) in [6.45, 7) is 3.56. The molecule has 6 rings (SSSR count). The van der Waals surface area contributed by atoms with Gasteiger partial charge in [0.25, 0.3) is 0 Å². The maximum Gasteiger partial charge on any atom is 0.319 e. The van der Waals surface area contributed by atoms with Crippen LogP contribution in [0, 0.1) is 24.0 Å². The van der Waals surface area contributed by atoms with Crippen LogP contribution in [0.2, 0.25) is 0 Å². The van der Waals surface area contributed by atoms with Crippen molar-refractivity contribution in [2.75, 3.05) is 18.5 Å².